The Morgan fingerprint density at radius 3 is 2.56 bits per heavy atom. The van der Waals surface area contributed by atoms with Crippen LogP contribution in [0.3, 0.4) is 0 Å². The maximum Gasteiger partial charge on any atom is 0.283 e. The van der Waals surface area contributed by atoms with Crippen LogP contribution < -0.4 is 0 Å². The van der Waals surface area contributed by atoms with Gasteiger partial charge in [0.2, 0.25) is 0 Å². The number of ketones is 1. The lowest BCUT2D eigenvalue weighted by molar-refractivity contribution is -0.387. The molecule has 0 aliphatic rings. The van der Waals surface area contributed by atoms with E-state index in [2.05, 4.69) is 25.9 Å². The Kier molecular flexibility index (Phi) is 6.10. The smallest absolute Gasteiger partial charge is 0.283 e. The van der Waals surface area contributed by atoms with Crippen LogP contribution in [0.5, 0.6) is 0 Å². The van der Waals surface area contributed by atoms with Crippen molar-refractivity contribution in [2.45, 2.75) is 10.1 Å². The lowest BCUT2D eigenvalue weighted by Gasteiger charge is -2.03. The SMILES string of the molecule is O=C(/C=C/c1ccc(Sc2ncccn2)c([N+](=O)[O-])c1)c1ccccc1Br. The molecular formula is C19H12BrN3O3S. The number of carbonyl (C=O) groups is 1. The van der Waals surface area contributed by atoms with Crippen molar-refractivity contribution in [2.24, 2.45) is 0 Å². The van der Waals surface area contributed by atoms with Crippen LogP contribution in [0.4, 0.5) is 5.69 Å². The third kappa shape index (κ3) is 4.87. The minimum absolute atomic E-state index is 0.0667. The molecule has 0 saturated carbocycles. The maximum atomic E-state index is 12.3. The van der Waals surface area contributed by atoms with E-state index in [1.54, 1.807) is 54.9 Å². The molecule has 0 radical (unpaired) electrons. The number of nitro groups is 1. The molecule has 3 rings (SSSR count). The van der Waals surface area contributed by atoms with Crippen molar-refractivity contribution in [1.82, 2.24) is 9.97 Å². The van der Waals surface area contributed by atoms with Gasteiger partial charge in [0, 0.05) is 28.5 Å². The van der Waals surface area contributed by atoms with Gasteiger partial charge in [-0.25, -0.2) is 9.97 Å². The molecule has 0 N–H and O–H groups in total. The number of allylic oxidation sites excluding steroid dienone is 1. The highest BCUT2D eigenvalue weighted by atomic mass is 79.9. The first kappa shape index (κ1) is 18.9. The normalized spacial score (nSPS) is 10.9. The molecule has 0 unspecified atom stereocenters. The molecule has 27 heavy (non-hydrogen) atoms. The summed E-state index contributed by atoms with van der Waals surface area (Å²) in [6.07, 6.45) is 6.10. The molecule has 0 saturated heterocycles. The summed E-state index contributed by atoms with van der Waals surface area (Å²) >= 11 is 4.45. The average Bonchev–Trinajstić information content (AvgIpc) is 2.68. The van der Waals surface area contributed by atoms with E-state index in [4.69, 9.17) is 0 Å². The van der Waals surface area contributed by atoms with Gasteiger partial charge in [-0.3, -0.25) is 14.9 Å². The summed E-state index contributed by atoms with van der Waals surface area (Å²) in [5.41, 5.74) is 1.01. The minimum atomic E-state index is -0.460. The molecular weight excluding hydrogens is 430 g/mol. The highest BCUT2D eigenvalue weighted by Gasteiger charge is 2.16. The molecule has 0 fully saturated rings. The summed E-state index contributed by atoms with van der Waals surface area (Å²) in [6.45, 7) is 0. The number of hydrogen-bond donors (Lipinski definition) is 0. The fraction of sp³-hybridized carbons (Fsp3) is 0. The molecule has 0 spiro atoms. The quantitative estimate of drug-likeness (QED) is 0.172. The standard InChI is InChI=1S/C19H12BrN3O3S/c20-15-5-2-1-4-14(15)17(24)8-6-13-7-9-18(16(12-13)23(25)26)27-19-21-10-3-11-22-19/h1-12H/b8-6+. The number of rotatable bonds is 6. The summed E-state index contributed by atoms with van der Waals surface area (Å²) < 4.78 is 0.695. The lowest BCUT2D eigenvalue weighted by atomic mass is 10.1. The van der Waals surface area contributed by atoms with Crippen LogP contribution in [0.1, 0.15) is 15.9 Å². The lowest BCUT2D eigenvalue weighted by Crippen LogP contribution is -1.95. The number of carbonyl (C=O) groups excluding carboxylic acids is 1. The Bertz CT molecular complexity index is 1030. The van der Waals surface area contributed by atoms with Crippen molar-refractivity contribution >= 4 is 45.2 Å². The summed E-state index contributed by atoms with van der Waals surface area (Å²) in [6, 6.07) is 13.5. The molecule has 1 aromatic heterocycles. The van der Waals surface area contributed by atoms with Crippen molar-refractivity contribution in [3.63, 3.8) is 0 Å². The predicted octanol–water partition coefficient (Wildman–Crippen LogP) is 5.19. The average molecular weight is 442 g/mol. The van der Waals surface area contributed by atoms with E-state index >= 15 is 0 Å². The first-order valence-electron chi connectivity index (χ1n) is 7.75. The zero-order valence-electron chi connectivity index (χ0n) is 13.8. The first-order chi connectivity index (χ1) is 13.0. The number of benzene rings is 2. The second-order valence-electron chi connectivity index (χ2n) is 5.30. The van der Waals surface area contributed by atoms with Crippen molar-refractivity contribution in [3.8, 4) is 0 Å². The Morgan fingerprint density at radius 2 is 1.85 bits per heavy atom. The molecule has 6 nitrogen and oxygen atoms in total. The second-order valence-corrected chi connectivity index (χ2v) is 7.16. The van der Waals surface area contributed by atoms with Gasteiger partial charge in [0.25, 0.3) is 5.69 Å². The number of hydrogen-bond acceptors (Lipinski definition) is 6. The van der Waals surface area contributed by atoms with Crippen LogP contribution in [-0.4, -0.2) is 20.7 Å². The van der Waals surface area contributed by atoms with E-state index in [1.807, 2.05) is 6.07 Å². The molecule has 0 bridgehead atoms. The van der Waals surface area contributed by atoms with E-state index in [0.29, 0.717) is 25.7 Å². The molecule has 8 heteroatoms. The van der Waals surface area contributed by atoms with E-state index in [1.165, 1.54) is 12.1 Å². The van der Waals surface area contributed by atoms with Gasteiger partial charge in [0.05, 0.1) is 9.82 Å². The van der Waals surface area contributed by atoms with Gasteiger partial charge in [-0.1, -0.05) is 40.2 Å². The molecule has 3 aromatic rings. The first-order valence-corrected chi connectivity index (χ1v) is 9.36. The molecule has 134 valence electrons. The van der Waals surface area contributed by atoms with Crippen LogP contribution >= 0.6 is 27.7 Å². The molecule has 0 amide bonds. The Labute approximate surface area is 167 Å². The molecule has 0 aliphatic carbocycles. The second kappa shape index (κ2) is 8.70. The highest BCUT2D eigenvalue weighted by Crippen LogP contribution is 2.33. The summed E-state index contributed by atoms with van der Waals surface area (Å²) in [5.74, 6) is -0.193. The monoisotopic (exact) mass is 441 g/mol. The van der Waals surface area contributed by atoms with Crippen molar-refractivity contribution in [3.05, 3.63) is 92.7 Å². The van der Waals surface area contributed by atoms with Gasteiger partial charge in [-0.15, -0.1) is 0 Å². The van der Waals surface area contributed by atoms with Gasteiger partial charge in [-0.2, -0.15) is 0 Å². The summed E-state index contributed by atoms with van der Waals surface area (Å²) in [5, 5.41) is 11.8. The Balaban J connectivity index is 1.85. The zero-order chi connectivity index (χ0) is 19.2. The van der Waals surface area contributed by atoms with Gasteiger partial charge >= 0.3 is 0 Å². The molecule has 1 heterocycles. The Hall–Kier alpha value is -2.84. The maximum absolute atomic E-state index is 12.3. The van der Waals surface area contributed by atoms with Crippen LogP contribution in [-0.2, 0) is 0 Å². The van der Waals surface area contributed by atoms with E-state index in [9.17, 15) is 14.9 Å². The molecule has 0 aliphatic heterocycles. The third-order valence-electron chi connectivity index (χ3n) is 3.49. The summed E-state index contributed by atoms with van der Waals surface area (Å²) in [7, 11) is 0. The number of nitrogens with zero attached hydrogens (tertiary/aromatic N) is 3. The van der Waals surface area contributed by atoms with Crippen LogP contribution in [0.25, 0.3) is 6.08 Å². The van der Waals surface area contributed by atoms with E-state index < -0.39 is 4.92 Å². The highest BCUT2D eigenvalue weighted by molar-refractivity contribution is 9.10. The van der Waals surface area contributed by atoms with Crippen LogP contribution in [0, 0.1) is 10.1 Å². The zero-order valence-corrected chi connectivity index (χ0v) is 16.2. The largest absolute Gasteiger partial charge is 0.289 e. The Morgan fingerprint density at radius 1 is 1.11 bits per heavy atom. The summed E-state index contributed by atoms with van der Waals surface area (Å²) in [4.78, 5) is 31.8. The fourth-order valence-corrected chi connectivity index (χ4v) is 3.50. The van der Waals surface area contributed by atoms with Gasteiger partial charge in [0.15, 0.2) is 10.9 Å². The number of nitro benzene ring substituents is 1. The van der Waals surface area contributed by atoms with E-state index in [0.717, 1.165) is 11.8 Å². The topological polar surface area (TPSA) is 86.0 Å². The fourth-order valence-electron chi connectivity index (χ4n) is 2.23. The predicted molar refractivity (Wildman–Crippen MR) is 107 cm³/mol. The molecule has 2 aromatic carbocycles. The minimum Gasteiger partial charge on any atom is -0.289 e. The van der Waals surface area contributed by atoms with Gasteiger partial charge in [0.1, 0.15) is 0 Å². The van der Waals surface area contributed by atoms with Gasteiger partial charge < -0.3 is 0 Å². The number of aromatic nitrogens is 2. The van der Waals surface area contributed by atoms with Crippen molar-refractivity contribution in [1.29, 1.82) is 0 Å². The third-order valence-corrected chi connectivity index (χ3v) is 5.14. The van der Waals surface area contributed by atoms with Crippen molar-refractivity contribution in [2.75, 3.05) is 0 Å². The van der Waals surface area contributed by atoms with Crippen LogP contribution in [0.2, 0.25) is 0 Å². The number of halogens is 1. The van der Waals surface area contributed by atoms with Crippen molar-refractivity contribution < 1.29 is 9.72 Å². The van der Waals surface area contributed by atoms with Crippen LogP contribution in [0.15, 0.2) is 81.5 Å². The van der Waals surface area contributed by atoms with E-state index in [-0.39, 0.29) is 11.5 Å². The van der Waals surface area contributed by atoms with Gasteiger partial charge in [-0.05, 0) is 47.7 Å². The molecule has 0 atom stereocenters.